The van der Waals surface area contributed by atoms with E-state index in [9.17, 15) is 14.4 Å². The number of thioether (sulfide) groups is 1. The third-order valence-corrected chi connectivity index (χ3v) is 6.20. The number of esters is 1. The van der Waals surface area contributed by atoms with Crippen LogP contribution >= 0.6 is 11.8 Å². The number of hydrogen-bond acceptors (Lipinski definition) is 6. The largest absolute Gasteiger partial charge is 0.465 e. The summed E-state index contributed by atoms with van der Waals surface area (Å²) in [6.07, 6.45) is 3.86. The molecule has 1 atom stereocenters. The summed E-state index contributed by atoms with van der Waals surface area (Å²) < 4.78 is 6.42. The number of likely N-dealkylation sites (tertiary alicyclic amines) is 1. The summed E-state index contributed by atoms with van der Waals surface area (Å²) in [5, 5.41) is 0.628. The second kappa shape index (κ2) is 9.43. The van der Waals surface area contributed by atoms with Crippen LogP contribution in [0.5, 0.6) is 0 Å². The number of nitrogens with zero attached hydrogens (tertiary/aromatic N) is 3. The fourth-order valence-corrected chi connectivity index (χ4v) is 4.47. The second-order valence-electron chi connectivity index (χ2n) is 7.22. The minimum Gasteiger partial charge on any atom is -0.465 e. The summed E-state index contributed by atoms with van der Waals surface area (Å²) in [6, 6.07) is 4.77. The maximum Gasteiger partial charge on any atom is 0.337 e. The number of fused-ring (bicyclic) bond motifs is 1. The fraction of sp³-hybridized carbons (Fsp3) is 0.524. The molecule has 0 bridgehead atoms. The van der Waals surface area contributed by atoms with Gasteiger partial charge in [-0.05, 0) is 44.4 Å². The van der Waals surface area contributed by atoms with Gasteiger partial charge in [0.05, 0.1) is 28.8 Å². The SMILES string of the molecule is CCCCn1c(S[C@H](C)C(=O)N2CCCC2)nc2cc(C(=O)OC)ccc2c1=O. The maximum absolute atomic E-state index is 13.1. The second-order valence-corrected chi connectivity index (χ2v) is 8.53. The Bertz CT molecular complexity index is 966. The minimum atomic E-state index is -0.476. The molecule has 8 heteroatoms. The molecule has 2 aromatic rings. The Morgan fingerprint density at radius 3 is 2.66 bits per heavy atom. The van der Waals surface area contributed by atoms with Gasteiger partial charge in [-0.1, -0.05) is 25.1 Å². The molecule has 1 fully saturated rings. The molecule has 0 N–H and O–H groups in total. The van der Waals surface area contributed by atoms with E-state index in [1.54, 1.807) is 22.8 Å². The summed E-state index contributed by atoms with van der Waals surface area (Å²) in [7, 11) is 1.32. The molecule has 1 amide bonds. The number of methoxy groups -OCH3 is 1. The molecule has 0 radical (unpaired) electrons. The van der Waals surface area contributed by atoms with Crippen LogP contribution in [-0.2, 0) is 16.1 Å². The van der Waals surface area contributed by atoms with Crippen LogP contribution in [0.4, 0.5) is 0 Å². The van der Waals surface area contributed by atoms with Crippen LogP contribution in [-0.4, -0.2) is 51.8 Å². The van der Waals surface area contributed by atoms with Crippen molar-refractivity contribution in [1.82, 2.24) is 14.5 Å². The molecule has 0 aliphatic carbocycles. The fourth-order valence-electron chi connectivity index (χ4n) is 3.45. The van der Waals surface area contributed by atoms with Crippen LogP contribution in [0.1, 0.15) is 49.9 Å². The smallest absolute Gasteiger partial charge is 0.337 e. The molecule has 1 aromatic carbocycles. The first-order chi connectivity index (χ1) is 14.0. The van der Waals surface area contributed by atoms with E-state index in [2.05, 4.69) is 11.9 Å². The van der Waals surface area contributed by atoms with E-state index in [1.807, 2.05) is 11.8 Å². The highest BCUT2D eigenvalue weighted by Crippen LogP contribution is 2.26. The lowest BCUT2D eigenvalue weighted by Crippen LogP contribution is -2.34. The summed E-state index contributed by atoms with van der Waals surface area (Å²) in [5.41, 5.74) is 0.632. The summed E-state index contributed by atoms with van der Waals surface area (Å²) >= 11 is 1.31. The first-order valence-electron chi connectivity index (χ1n) is 10.0. The summed E-state index contributed by atoms with van der Waals surface area (Å²) in [6.45, 7) is 6.05. The summed E-state index contributed by atoms with van der Waals surface area (Å²) in [5.74, 6) is -0.400. The van der Waals surface area contributed by atoms with Crippen molar-refractivity contribution in [3.63, 3.8) is 0 Å². The molecule has 0 saturated carbocycles. The van der Waals surface area contributed by atoms with Crippen LogP contribution in [0, 0.1) is 0 Å². The average Bonchev–Trinajstić information content (AvgIpc) is 3.26. The number of benzene rings is 1. The zero-order valence-corrected chi connectivity index (χ0v) is 18.0. The topological polar surface area (TPSA) is 81.5 Å². The highest BCUT2D eigenvalue weighted by atomic mass is 32.2. The van der Waals surface area contributed by atoms with E-state index in [1.165, 1.54) is 18.9 Å². The highest BCUT2D eigenvalue weighted by molar-refractivity contribution is 8.00. The Kier molecular flexibility index (Phi) is 6.95. The quantitative estimate of drug-likeness (QED) is 0.391. The van der Waals surface area contributed by atoms with Gasteiger partial charge in [-0.3, -0.25) is 14.2 Å². The lowest BCUT2D eigenvalue weighted by Gasteiger charge is -2.21. The van der Waals surface area contributed by atoms with Crippen molar-refractivity contribution in [2.24, 2.45) is 0 Å². The average molecular weight is 418 g/mol. The van der Waals surface area contributed by atoms with Gasteiger partial charge in [0, 0.05) is 19.6 Å². The number of aromatic nitrogens is 2. The van der Waals surface area contributed by atoms with Crippen molar-refractivity contribution >= 4 is 34.5 Å². The van der Waals surface area contributed by atoms with Gasteiger partial charge in [0.1, 0.15) is 0 Å². The molecule has 0 unspecified atom stereocenters. The zero-order chi connectivity index (χ0) is 21.0. The highest BCUT2D eigenvalue weighted by Gasteiger charge is 2.26. The number of amides is 1. The Hall–Kier alpha value is -2.35. The first-order valence-corrected chi connectivity index (χ1v) is 10.9. The van der Waals surface area contributed by atoms with E-state index in [0.717, 1.165) is 38.8 Å². The van der Waals surface area contributed by atoms with Crippen molar-refractivity contribution in [3.8, 4) is 0 Å². The Morgan fingerprint density at radius 2 is 2.00 bits per heavy atom. The van der Waals surface area contributed by atoms with Gasteiger partial charge in [0.25, 0.3) is 5.56 Å². The van der Waals surface area contributed by atoms with E-state index in [0.29, 0.717) is 28.2 Å². The predicted octanol–water partition coefficient (Wildman–Crippen LogP) is 3.09. The van der Waals surface area contributed by atoms with Gasteiger partial charge in [0.15, 0.2) is 5.16 Å². The Morgan fingerprint density at radius 1 is 1.28 bits per heavy atom. The Labute approximate surface area is 174 Å². The molecule has 7 nitrogen and oxygen atoms in total. The van der Waals surface area contributed by atoms with Crippen LogP contribution in [0.2, 0.25) is 0 Å². The van der Waals surface area contributed by atoms with Crippen LogP contribution in [0.3, 0.4) is 0 Å². The summed E-state index contributed by atoms with van der Waals surface area (Å²) in [4.78, 5) is 44.2. The van der Waals surface area contributed by atoms with Gasteiger partial charge in [-0.15, -0.1) is 0 Å². The molecule has 156 valence electrons. The van der Waals surface area contributed by atoms with Crippen molar-refractivity contribution in [3.05, 3.63) is 34.1 Å². The van der Waals surface area contributed by atoms with E-state index < -0.39 is 5.97 Å². The van der Waals surface area contributed by atoms with Gasteiger partial charge in [-0.2, -0.15) is 0 Å². The van der Waals surface area contributed by atoms with Gasteiger partial charge >= 0.3 is 5.97 Å². The molecule has 1 aliphatic heterocycles. The molecule has 0 spiro atoms. The van der Waals surface area contributed by atoms with Crippen LogP contribution in [0.15, 0.2) is 28.2 Å². The van der Waals surface area contributed by atoms with Gasteiger partial charge in [-0.25, -0.2) is 9.78 Å². The molecule has 1 aliphatic rings. The number of hydrogen-bond donors (Lipinski definition) is 0. The van der Waals surface area contributed by atoms with Crippen molar-refractivity contribution in [1.29, 1.82) is 0 Å². The number of carbonyl (C=O) groups excluding carboxylic acids is 2. The zero-order valence-electron chi connectivity index (χ0n) is 17.1. The molecule has 1 aromatic heterocycles. The number of rotatable bonds is 7. The van der Waals surface area contributed by atoms with Crippen molar-refractivity contribution < 1.29 is 14.3 Å². The van der Waals surface area contributed by atoms with E-state index in [-0.39, 0.29) is 16.7 Å². The molecular weight excluding hydrogens is 390 g/mol. The number of carbonyl (C=O) groups is 2. The molecule has 29 heavy (non-hydrogen) atoms. The predicted molar refractivity (Wildman–Crippen MR) is 113 cm³/mol. The third-order valence-electron chi connectivity index (χ3n) is 5.12. The van der Waals surface area contributed by atoms with Crippen LogP contribution in [0.25, 0.3) is 10.9 Å². The first kappa shape index (κ1) is 21.4. The lowest BCUT2D eigenvalue weighted by molar-refractivity contribution is -0.129. The molecule has 2 heterocycles. The monoisotopic (exact) mass is 417 g/mol. The van der Waals surface area contributed by atoms with Crippen LogP contribution < -0.4 is 5.56 Å². The standard InChI is InChI=1S/C21H27N3O4S/c1-4-5-12-24-19(26)16-9-8-15(20(27)28-3)13-17(16)22-21(24)29-14(2)18(25)23-10-6-7-11-23/h8-9,13-14H,4-7,10-12H2,1-3H3/t14-/m1/s1. The van der Waals surface area contributed by atoms with Gasteiger partial charge < -0.3 is 9.64 Å². The van der Waals surface area contributed by atoms with Gasteiger partial charge in [0.2, 0.25) is 5.91 Å². The number of ether oxygens (including phenoxy) is 1. The normalized spacial score (nSPS) is 14.9. The molecule has 1 saturated heterocycles. The maximum atomic E-state index is 13.1. The van der Waals surface area contributed by atoms with E-state index >= 15 is 0 Å². The lowest BCUT2D eigenvalue weighted by atomic mass is 10.1. The van der Waals surface area contributed by atoms with E-state index in [4.69, 9.17) is 4.74 Å². The third kappa shape index (κ3) is 4.63. The molecule has 3 rings (SSSR count). The minimum absolute atomic E-state index is 0.0761. The molecular formula is C21H27N3O4S. The van der Waals surface area contributed by atoms with Crippen molar-refractivity contribution in [2.45, 2.75) is 56.5 Å². The Balaban J connectivity index is 2.00. The number of unbranched alkanes of at least 4 members (excludes halogenated alkanes) is 1. The van der Waals surface area contributed by atoms with Crippen molar-refractivity contribution in [2.75, 3.05) is 20.2 Å².